The summed E-state index contributed by atoms with van der Waals surface area (Å²) in [6.45, 7) is -0.528. The van der Waals surface area contributed by atoms with E-state index in [9.17, 15) is 8.78 Å². The number of halogens is 2. The second-order valence-electron chi connectivity index (χ2n) is 7.28. The molecule has 1 saturated carbocycles. The maximum Gasteiger partial charge on any atom is 0.387 e. The summed E-state index contributed by atoms with van der Waals surface area (Å²) in [5, 5.41) is 0. The Balaban J connectivity index is 1.58. The number of alkyl halides is 2. The van der Waals surface area contributed by atoms with E-state index in [-0.39, 0.29) is 5.75 Å². The van der Waals surface area contributed by atoms with Gasteiger partial charge in [-0.15, -0.1) is 0 Å². The molecule has 0 bridgehead atoms. The van der Waals surface area contributed by atoms with Gasteiger partial charge >= 0.3 is 6.61 Å². The van der Waals surface area contributed by atoms with Crippen molar-refractivity contribution in [1.82, 2.24) is 0 Å². The van der Waals surface area contributed by atoms with E-state index in [0.717, 1.165) is 17.0 Å². The fraction of sp³-hybridized carbons (Fsp3) is 0.417. The zero-order valence-corrected chi connectivity index (χ0v) is 15.8. The second kappa shape index (κ2) is 9.55. The molecule has 3 rings (SSSR count). The Morgan fingerprint density at radius 3 is 1.96 bits per heavy atom. The van der Waals surface area contributed by atoms with Crippen LogP contribution in [0.15, 0.2) is 48.5 Å². The van der Waals surface area contributed by atoms with Crippen LogP contribution >= 0.6 is 0 Å². The lowest BCUT2D eigenvalue weighted by molar-refractivity contribution is -0.0498. The topological polar surface area (TPSA) is 9.23 Å². The molecule has 0 spiro atoms. The summed E-state index contributed by atoms with van der Waals surface area (Å²) in [6, 6.07) is 15.0. The first kappa shape index (κ1) is 19.4. The molecule has 142 valence electrons. The highest BCUT2D eigenvalue weighted by Gasteiger charge is 2.21. The minimum absolute atomic E-state index is 0.147. The molecule has 27 heavy (non-hydrogen) atoms. The predicted molar refractivity (Wildman–Crippen MR) is 105 cm³/mol. The van der Waals surface area contributed by atoms with E-state index >= 15 is 0 Å². The standard InChI is InChI=1S/C24H26F2O/c1-2-3-18-6-12-21(13-7-18)22-14-8-19(9-15-22)4-5-20-10-16-23(17-11-20)27-24(25)26/h8-11,14-18,21,24H,2-3,6-7,12-13H2,1H3/t18-,21-. The van der Waals surface area contributed by atoms with Crippen molar-refractivity contribution in [2.45, 2.75) is 58.0 Å². The third kappa shape index (κ3) is 5.82. The van der Waals surface area contributed by atoms with Crippen LogP contribution in [0.2, 0.25) is 0 Å². The van der Waals surface area contributed by atoms with Gasteiger partial charge in [-0.2, -0.15) is 8.78 Å². The fourth-order valence-electron chi connectivity index (χ4n) is 3.90. The van der Waals surface area contributed by atoms with Gasteiger partial charge in [0.15, 0.2) is 0 Å². The number of rotatable bonds is 5. The van der Waals surface area contributed by atoms with Crippen LogP contribution in [0.1, 0.15) is 68.1 Å². The minimum Gasteiger partial charge on any atom is -0.435 e. The number of ether oxygens (including phenoxy) is 1. The maximum absolute atomic E-state index is 12.2. The van der Waals surface area contributed by atoms with Crippen LogP contribution in [0, 0.1) is 17.8 Å². The highest BCUT2D eigenvalue weighted by Crippen LogP contribution is 2.37. The van der Waals surface area contributed by atoms with Crippen LogP contribution in [0.5, 0.6) is 5.75 Å². The molecular weight excluding hydrogens is 342 g/mol. The van der Waals surface area contributed by atoms with E-state index in [1.54, 1.807) is 12.1 Å². The number of benzene rings is 2. The third-order valence-corrected chi connectivity index (χ3v) is 5.36. The first-order chi connectivity index (χ1) is 13.1. The van der Waals surface area contributed by atoms with Crippen molar-refractivity contribution in [3.63, 3.8) is 0 Å². The van der Waals surface area contributed by atoms with E-state index in [2.05, 4.69) is 47.8 Å². The molecule has 0 saturated heterocycles. The second-order valence-corrected chi connectivity index (χ2v) is 7.28. The van der Waals surface area contributed by atoms with Crippen LogP contribution in [-0.4, -0.2) is 6.61 Å². The molecule has 1 aliphatic carbocycles. The van der Waals surface area contributed by atoms with Crippen LogP contribution in [0.25, 0.3) is 0 Å². The highest BCUT2D eigenvalue weighted by atomic mass is 19.3. The summed E-state index contributed by atoms with van der Waals surface area (Å²) < 4.78 is 28.7. The Bertz CT molecular complexity index is 761. The van der Waals surface area contributed by atoms with E-state index < -0.39 is 6.61 Å². The molecule has 0 atom stereocenters. The Labute approximate surface area is 160 Å². The molecule has 1 fully saturated rings. The first-order valence-corrected chi connectivity index (χ1v) is 9.81. The predicted octanol–water partition coefficient (Wildman–Crippen LogP) is 6.76. The molecule has 0 radical (unpaired) electrons. The summed E-state index contributed by atoms with van der Waals surface area (Å²) >= 11 is 0. The SMILES string of the molecule is CCC[C@H]1CC[C@H](c2ccc(C#Cc3ccc(OC(F)F)cc3)cc2)CC1. The van der Waals surface area contributed by atoms with Crippen LogP contribution in [0.3, 0.4) is 0 Å². The molecule has 0 unspecified atom stereocenters. The first-order valence-electron chi connectivity index (χ1n) is 9.81. The van der Waals surface area contributed by atoms with Gasteiger partial charge in [0.25, 0.3) is 0 Å². The lowest BCUT2D eigenvalue weighted by Gasteiger charge is -2.28. The molecule has 0 amide bonds. The van der Waals surface area contributed by atoms with Gasteiger partial charge in [-0.3, -0.25) is 0 Å². The molecule has 0 heterocycles. The summed E-state index contributed by atoms with van der Waals surface area (Å²) in [7, 11) is 0. The zero-order chi connectivity index (χ0) is 19.1. The normalized spacial score (nSPS) is 19.4. The van der Waals surface area contributed by atoms with Gasteiger partial charge in [0.1, 0.15) is 5.75 Å². The third-order valence-electron chi connectivity index (χ3n) is 5.36. The lowest BCUT2D eigenvalue weighted by Crippen LogP contribution is -2.13. The fourth-order valence-corrected chi connectivity index (χ4v) is 3.90. The summed E-state index contributed by atoms with van der Waals surface area (Å²) in [6.07, 6.45) is 7.96. The monoisotopic (exact) mass is 368 g/mol. The van der Waals surface area contributed by atoms with Crippen molar-refractivity contribution in [3.05, 3.63) is 65.2 Å². The van der Waals surface area contributed by atoms with Gasteiger partial charge in [-0.25, -0.2) is 0 Å². The largest absolute Gasteiger partial charge is 0.435 e. The molecule has 1 nitrogen and oxygen atoms in total. The smallest absolute Gasteiger partial charge is 0.387 e. The van der Waals surface area contributed by atoms with Crippen molar-refractivity contribution in [3.8, 4) is 17.6 Å². The quantitative estimate of drug-likeness (QED) is 0.530. The molecule has 2 aromatic carbocycles. The van der Waals surface area contributed by atoms with Crippen molar-refractivity contribution in [2.75, 3.05) is 0 Å². The van der Waals surface area contributed by atoms with E-state index in [1.165, 1.54) is 56.2 Å². The minimum atomic E-state index is -2.80. The van der Waals surface area contributed by atoms with Crippen molar-refractivity contribution in [1.29, 1.82) is 0 Å². The number of hydrogen-bond donors (Lipinski definition) is 0. The molecule has 3 heteroatoms. The van der Waals surface area contributed by atoms with E-state index in [1.807, 2.05) is 0 Å². The van der Waals surface area contributed by atoms with Crippen molar-refractivity contribution in [2.24, 2.45) is 5.92 Å². The zero-order valence-electron chi connectivity index (χ0n) is 15.8. The highest BCUT2D eigenvalue weighted by molar-refractivity contribution is 5.45. The Morgan fingerprint density at radius 1 is 0.889 bits per heavy atom. The number of hydrogen-bond acceptors (Lipinski definition) is 1. The summed E-state index contributed by atoms with van der Waals surface area (Å²) in [5.41, 5.74) is 3.16. The molecule has 0 N–H and O–H groups in total. The molecule has 0 aliphatic heterocycles. The van der Waals surface area contributed by atoms with Gasteiger partial charge < -0.3 is 4.74 Å². The van der Waals surface area contributed by atoms with E-state index in [4.69, 9.17) is 0 Å². The van der Waals surface area contributed by atoms with Gasteiger partial charge in [0.05, 0.1) is 0 Å². The van der Waals surface area contributed by atoms with Crippen molar-refractivity contribution < 1.29 is 13.5 Å². The Kier molecular flexibility index (Phi) is 6.87. The lowest BCUT2D eigenvalue weighted by atomic mass is 9.77. The average molecular weight is 368 g/mol. The summed E-state index contributed by atoms with van der Waals surface area (Å²) in [5.74, 6) is 7.96. The van der Waals surface area contributed by atoms with Gasteiger partial charge in [-0.1, -0.05) is 43.7 Å². The molecule has 1 aliphatic rings. The summed E-state index contributed by atoms with van der Waals surface area (Å²) in [4.78, 5) is 0. The Morgan fingerprint density at radius 2 is 1.44 bits per heavy atom. The van der Waals surface area contributed by atoms with E-state index in [0.29, 0.717) is 5.92 Å². The molecule has 0 aromatic heterocycles. The average Bonchev–Trinajstić information content (AvgIpc) is 2.68. The van der Waals surface area contributed by atoms with Gasteiger partial charge in [0, 0.05) is 11.1 Å². The van der Waals surface area contributed by atoms with Crippen LogP contribution in [0.4, 0.5) is 8.78 Å². The van der Waals surface area contributed by atoms with Crippen molar-refractivity contribution >= 4 is 0 Å². The van der Waals surface area contributed by atoms with Crippen LogP contribution < -0.4 is 4.74 Å². The van der Waals surface area contributed by atoms with Gasteiger partial charge in [0.2, 0.25) is 0 Å². The molecular formula is C24H26F2O. The maximum atomic E-state index is 12.2. The Hall–Kier alpha value is -2.34. The van der Waals surface area contributed by atoms with Gasteiger partial charge in [-0.05, 0) is 79.5 Å². The van der Waals surface area contributed by atoms with Crippen LogP contribution in [-0.2, 0) is 0 Å². The molecule has 2 aromatic rings.